The maximum atomic E-state index is 14.1. The van der Waals surface area contributed by atoms with Crippen LogP contribution < -0.4 is 5.43 Å². The van der Waals surface area contributed by atoms with Gasteiger partial charge in [0.1, 0.15) is 5.82 Å². The molecule has 124 valence electrons. The molecule has 0 aliphatic heterocycles. The van der Waals surface area contributed by atoms with Crippen LogP contribution in [0.1, 0.15) is 16.7 Å². The molecule has 1 aromatic heterocycles. The third-order valence-corrected chi connectivity index (χ3v) is 4.38. The Morgan fingerprint density at radius 3 is 2.79 bits per heavy atom. The highest BCUT2D eigenvalue weighted by molar-refractivity contribution is 6.30. The van der Waals surface area contributed by atoms with Gasteiger partial charge in [0.2, 0.25) is 0 Å². The number of aliphatic hydroxyl groups excluding tert-OH is 1. The van der Waals surface area contributed by atoms with Gasteiger partial charge in [0.15, 0.2) is 5.43 Å². The Morgan fingerprint density at radius 1 is 1.25 bits per heavy atom. The highest BCUT2D eigenvalue weighted by Gasteiger charge is 2.10. The average molecular weight is 346 g/mol. The van der Waals surface area contributed by atoms with Crippen LogP contribution >= 0.6 is 11.6 Å². The molecule has 0 spiro atoms. The fraction of sp³-hybridized carbons (Fsp3) is 0.211. The fourth-order valence-electron chi connectivity index (χ4n) is 2.90. The second-order valence-electron chi connectivity index (χ2n) is 5.80. The zero-order chi connectivity index (χ0) is 17.3. The number of aromatic nitrogens is 1. The molecule has 1 N–H and O–H groups in total. The standard InChI is InChI=1S/C19H17ClFNO2/c1-12-11-22(7-8-23)17-6-5-13(10-15(17)19(12)24)9-14-3-2-4-16(20)18(14)21/h2-6,10-11,23H,7-9H2,1H3. The molecule has 0 aliphatic carbocycles. The maximum Gasteiger partial charge on any atom is 0.192 e. The van der Waals surface area contributed by atoms with Crippen LogP contribution in [-0.2, 0) is 13.0 Å². The van der Waals surface area contributed by atoms with E-state index in [0.717, 1.165) is 11.1 Å². The Balaban J connectivity index is 2.10. The summed E-state index contributed by atoms with van der Waals surface area (Å²) in [6, 6.07) is 10.4. The number of fused-ring (bicyclic) bond motifs is 1. The second-order valence-corrected chi connectivity index (χ2v) is 6.21. The van der Waals surface area contributed by atoms with Crippen LogP contribution in [0, 0.1) is 12.7 Å². The Bertz CT molecular complexity index is 965. The smallest absolute Gasteiger partial charge is 0.192 e. The molecule has 0 saturated heterocycles. The topological polar surface area (TPSA) is 42.2 Å². The SMILES string of the molecule is Cc1cn(CCO)c2ccc(Cc3cccc(Cl)c3F)cc2c1=O. The first-order valence-electron chi connectivity index (χ1n) is 7.67. The van der Waals surface area contributed by atoms with Crippen molar-refractivity contribution < 1.29 is 9.50 Å². The molecule has 2 aromatic carbocycles. The van der Waals surface area contributed by atoms with Crippen molar-refractivity contribution in [2.24, 2.45) is 0 Å². The normalized spacial score (nSPS) is 11.2. The van der Waals surface area contributed by atoms with Crippen molar-refractivity contribution in [3.8, 4) is 0 Å². The monoisotopic (exact) mass is 345 g/mol. The van der Waals surface area contributed by atoms with Gasteiger partial charge in [-0.2, -0.15) is 0 Å². The van der Waals surface area contributed by atoms with Crippen molar-refractivity contribution in [2.45, 2.75) is 19.9 Å². The summed E-state index contributed by atoms with van der Waals surface area (Å²) in [5, 5.41) is 9.86. The molecule has 0 aliphatic rings. The van der Waals surface area contributed by atoms with Crippen LogP contribution in [0.5, 0.6) is 0 Å². The summed E-state index contributed by atoms with van der Waals surface area (Å²) < 4.78 is 15.9. The van der Waals surface area contributed by atoms with Gasteiger partial charge in [-0.3, -0.25) is 4.79 Å². The first kappa shape index (κ1) is 16.7. The minimum absolute atomic E-state index is 0.00706. The van der Waals surface area contributed by atoms with Crippen molar-refractivity contribution in [2.75, 3.05) is 6.61 Å². The van der Waals surface area contributed by atoms with E-state index in [1.54, 1.807) is 31.3 Å². The predicted molar refractivity (Wildman–Crippen MR) is 94.2 cm³/mol. The molecule has 0 amide bonds. The number of nitrogens with zero attached hydrogens (tertiary/aromatic N) is 1. The molecule has 0 bridgehead atoms. The number of benzene rings is 2. The first-order chi connectivity index (χ1) is 11.5. The second kappa shape index (κ2) is 6.75. The van der Waals surface area contributed by atoms with E-state index in [1.807, 2.05) is 16.7 Å². The van der Waals surface area contributed by atoms with Gasteiger partial charge in [0.05, 0.1) is 17.1 Å². The Labute approximate surface area is 143 Å². The lowest BCUT2D eigenvalue weighted by Crippen LogP contribution is -2.14. The number of aryl methyl sites for hydroxylation is 1. The van der Waals surface area contributed by atoms with Crippen LogP contribution in [0.2, 0.25) is 5.02 Å². The molecule has 1 heterocycles. The van der Waals surface area contributed by atoms with E-state index in [1.165, 1.54) is 6.07 Å². The number of halogens is 2. The molecule has 0 atom stereocenters. The van der Waals surface area contributed by atoms with E-state index in [-0.39, 0.29) is 17.1 Å². The molecule has 0 unspecified atom stereocenters. The van der Waals surface area contributed by atoms with Gasteiger partial charge in [-0.1, -0.05) is 29.8 Å². The van der Waals surface area contributed by atoms with Crippen molar-refractivity contribution in [1.29, 1.82) is 0 Å². The van der Waals surface area contributed by atoms with Gasteiger partial charge in [-0.05, 0) is 36.2 Å². The minimum atomic E-state index is -0.429. The Hall–Kier alpha value is -2.17. The van der Waals surface area contributed by atoms with Gasteiger partial charge >= 0.3 is 0 Å². The van der Waals surface area contributed by atoms with Crippen LogP contribution in [0.15, 0.2) is 47.4 Å². The minimum Gasteiger partial charge on any atom is -0.395 e. The van der Waals surface area contributed by atoms with E-state index >= 15 is 0 Å². The predicted octanol–water partition coefficient (Wildman–Crippen LogP) is 3.69. The molecule has 3 rings (SSSR count). The third-order valence-electron chi connectivity index (χ3n) is 4.09. The van der Waals surface area contributed by atoms with Crippen LogP contribution in [0.3, 0.4) is 0 Å². The zero-order valence-corrected chi connectivity index (χ0v) is 14.0. The van der Waals surface area contributed by atoms with Gasteiger partial charge in [0, 0.05) is 30.1 Å². The summed E-state index contributed by atoms with van der Waals surface area (Å²) in [7, 11) is 0. The highest BCUT2D eigenvalue weighted by atomic mass is 35.5. The Kier molecular flexibility index (Phi) is 4.69. The van der Waals surface area contributed by atoms with Gasteiger partial charge in [-0.25, -0.2) is 4.39 Å². The number of rotatable bonds is 4. The number of pyridine rings is 1. The largest absolute Gasteiger partial charge is 0.395 e. The van der Waals surface area contributed by atoms with E-state index in [2.05, 4.69) is 0 Å². The first-order valence-corrected chi connectivity index (χ1v) is 8.05. The summed E-state index contributed by atoms with van der Waals surface area (Å²) in [5.74, 6) is -0.429. The molecule has 3 aromatic rings. The summed E-state index contributed by atoms with van der Waals surface area (Å²) in [4.78, 5) is 12.4. The summed E-state index contributed by atoms with van der Waals surface area (Å²) in [5.41, 5.74) is 2.65. The van der Waals surface area contributed by atoms with Crippen molar-refractivity contribution in [3.05, 3.63) is 80.3 Å². The van der Waals surface area contributed by atoms with Gasteiger partial charge in [0.25, 0.3) is 0 Å². The lowest BCUT2D eigenvalue weighted by molar-refractivity contribution is 0.277. The van der Waals surface area contributed by atoms with E-state index < -0.39 is 5.82 Å². The molecular formula is C19H17ClFNO2. The number of hydrogen-bond donors (Lipinski definition) is 1. The average Bonchev–Trinajstić information content (AvgIpc) is 2.57. The lowest BCUT2D eigenvalue weighted by Gasteiger charge is -2.12. The van der Waals surface area contributed by atoms with Gasteiger partial charge in [-0.15, -0.1) is 0 Å². The highest BCUT2D eigenvalue weighted by Crippen LogP contribution is 2.22. The summed E-state index contributed by atoms with van der Waals surface area (Å²) in [6.45, 7) is 2.16. The summed E-state index contributed by atoms with van der Waals surface area (Å²) >= 11 is 5.82. The third kappa shape index (κ3) is 3.07. The molecule has 0 radical (unpaired) electrons. The number of hydrogen-bond acceptors (Lipinski definition) is 2. The molecule has 5 heteroatoms. The number of aliphatic hydroxyl groups is 1. The van der Waals surface area contributed by atoms with Crippen molar-refractivity contribution in [1.82, 2.24) is 4.57 Å². The van der Waals surface area contributed by atoms with Crippen LogP contribution in [0.25, 0.3) is 10.9 Å². The molecular weight excluding hydrogens is 329 g/mol. The Morgan fingerprint density at radius 2 is 2.04 bits per heavy atom. The fourth-order valence-corrected chi connectivity index (χ4v) is 3.09. The molecule has 3 nitrogen and oxygen atoms in total. The maximum absolute atomic E-state index is 14.1. The quantitative estimate of drug-likeness (QED) is 0.783. The van der Waals surface area contributed by atoms with E-state index in [4.69, 9.17) is 11.6 Å². The molecule has 24 heavy (non-hydrogen) atoms. The van der Waals surface area contributed by atoms with Crippen LogP contribution in [0.4, 0.5) is 4.39 Å². The van der Waals surface area contributed by atoms with Gasteiger partial charge < -0.3 is 9.67 Å². The van der Waals surface area contributed by atoms with Crippen LogP contribution in [-0.4, -0.2) is 16.3 Å². The molecule has 0 saturated carbocycles. The zero-order valence-electron chi connectivity index (χ0n) is 13.2. The lowest BCUT2D eigenvalue weighted by atomic mass is 10.0. The van der Waals surface area contributed by atoms with Crippen molar-refractivity contribution in [3.63, 3.8) is 0 Å². The van der Waals surface area contributed by atoms with E-state index in [9.17, 15) is 14.3 Å². The van der Waals surface area contributed by atoms with Crippen molar-refractivity contribution >= 4 is 22.5 Å². The summed E-state index contributed by atoms with van der Waals surface area (Å²) in [6.07, 6.45) is 2.10. The van der Waals surface area contributed by atoms with E-state index in [0.29, 0.717) is 29.5 Å². The molecule has 0 fully saturated rings.